The second kappa shape index (κ2) is 10.8. The first kappa shape index (κ1) is 24.5. The molecule has 2 atom stereocenters. The first-order valence-electron chi connectivity index (χ1n) is 12.8. The van der Waals surface area contributed by atoms with Gasteiger partial charge in [0.25, 0.3) is 0 Å². The Morgan fingerprint density at radius 1 is 0.889 bits per heavy atom. The van der Waals surface area contributed by atoms with Gasteiger partial charge in [0.15, 0.2) is 0 Å². The van der Waals surface area contributed by atoms with Gasteiger partial charge in [-0.05, 0) is 41.3 Å². The number of carbonyl (C=O) groups is 1. The molecule has 2 fully saturated rings. The van der Waals surface area contributed by atoms with E-state index in [4.69, 9.17) is 9.47 Å². The van der Waals surface area contributed by atoms with E-state index in [0.717, 1.165) is 67.9 Å². The Balaban J connectivity index is 1.30. The van der Waals surface area contributed by atoms with E-state index in [0.29, 0.717) is 6.54 Å². The number of morpholine rings is 1. The maximum absolute atomic E-state index is 13.4. The Hall–Kier alpha value is -3.22. The van der Waals surface area contributed by atoms with Crippen LogP contribution >= 0.6 is 0 Å². The topological polar surface area (TPSA) is 42.0 Å². The average Bonchev–Trinajstić information content (AvgIpc) is 2.93. The van der Waals surface area contributed by atoms with Crippen LogP contribution in [-0.4, -0.2) is 55.3 Å². The van der Waals surface area contributed by atoms with Crippen LogP contribution in [0.15, 0.2) is 78.9 Å². The van der Waals surface area contributed by atoms with Crippen LogP contribution in [0.2, 0.25) is 0 Å². The largest absolute Gasteiger partial charge is 0.438 e. The minimum absolute atomic E-state index is 0.118. The van der Waals surface area contributed by atoms with Crippen LogP contribution in [0.1, 0.15) is 36.9 Å². The lowest BCUT2D eigenvalue weighted by molar-refractivity contribution is -0.0726. The molecule has 3 aromatic rings. The molecule has 2 saturated heterocycles. The van der Waals surface area contributed by atoms with Crippen molar-refractivity contribution < 1.29 is 18.7 Å². The molecule has 0 saturated carbocycles. The number of amides is 1. The van der Waals surface area contributed by atoms with E-state index in [-0.39, 0.29) is 18.0 Å². The number of hydrogen-bond acceptors (Lipinski definition) is 4. The number of rotatable bonds is 7. The summed E-state index contributed by atoms with van der Waals surface area (Å²) in [4.78, 5) is 17.6. The molecule has 2 aliphatic heterocycles. The molecule has 2 heterocycles. The van der Waals surface area contributed by atoms with Gasteiger partial charge in [-0.3, -0.25) is 4.90 Å². The zero-order valence-corrected chi connectivity index (χ0v) is 20.7. The van der Waals surface area contributed by atoms with Crippen molar-refractivity contribution in [3.8, 4) is 11.1 Å². The van der Waals surface area contributed by atoms with Gasteiger partial charge in [-0.25, -0.2) is 9.18 Å². The van der Waals surface area contributed by atoms with E-state index < -0.39 is 5.60 Å². The Morgan fingerprint density at radius 2 is 1.53 bits per heavy atom. The molecule has 0 N–H and O–H groups in total. The van der Waals surface area contributed by atoms with E-state index in [2.05, 4.69) is 17.0 Å². The summed E-state index contributed by atoms with van der Waals surface area (Å²) in [5.41, 5.74) is 3.44. The zero-order valence-electron chi connectivity index (χ0n) is 20.7. The van der Waals surface area contributed by atoms with Crippen LogP contribution in [0, 0.1) is 5.82 Å². The van der Waals surface area contributed by atoms with Gasteiger partial charge in [0, 0.05) is 39.0 Å². The van der Waals surface area contributed by atoms with Gasteiger partial charge in [0.1, 0.15) is 11.4 Å². The normalized spacial score (nSPS) is 21.7. The maximum atomic E-state index is 13.4. The highest BCUT2D eigenvalue weighted by Gasteiger charge is 2.43. The Kier molecular flexibility index (Phi) is 7.35. The molecule has 36 heavy (non-hydrogen) atoms. The average molecular weight is 489 g/mol. The molecule has 5 rings (SSSR count). The van der Waals surface area contributed by atoms with Gasteiger partial charge in [0.05, 0.1) is 19.3 Å². The predicted molar refractivity (Wildman–Crippen MR) is 138 cm³/mol. The van der Waals surface area contributed by atoms with Crippen LogP contribution < -0.4 is 0 Å². The molecule has 5 nitrogen and oxygen atoms in total. The van der Waals surface area contributed by atoms with Crippen LogP contribution in [0.5, 0.6) is 0 Å². The van der Waals surface area contributed by atoms with Gasteiger partial charge < -0.3 is 14.4 Å². The lowest BCUT2D eigenvalue weighted by Gasteiger charge is -2.44. The third-order valence-electron chi connectivity index (χ3n) is 7.55. The zero-order chi connectivity index (χ0) is 25.0. The second-order valence-electron chi connectivity index (χ2n) is 9.68. The highest BCUT2D eigenvalue weighted by atomic mass is 19.1. The van der Waals surface area contributed by atoms with Crippen LogP contribution in [-0.2, 0) is 15.1 Å². The summed E-state index contributed by atoms with van der Waals surface area (Å²) in [6.07, 6.45) is 1.23. The van der Waals surface area contributed by atoms with Gasteiger partial charge in [-0.15, -0.1) is 0 Å². The molecule has 0 aromatic heterocycles. The van der Waals surface area contributed by atoms with E-state index in [9.17, 15) is 9.18 Å². The molecule has 0 aliphatic carbocycles. The summed E-state index contributed by atoms with van der Waals surface area (Å²) < 4.78 is 25.1. The number of hydrogen-bond donors (Lipinski definition) is 0. The third kappa shape index (κ3) is 5.30. The molecule has 188 valence electrons. The van der Waals surface area contributed by atoms with Crippen LogP contribution in [0.4, 0.5) is 9.18 Å². The monoisotopic (exact) mass is 488 g/mol. The van der Waals surface area contributed by atoms with Crippen molar-refractivity contribution in [2.24, 2.45) is 0 Å². The second-order valence-corrected chi connectivity index (χ2v) is 9.68. The maximum Gasteiger partial charge on any atom is 0.411 e. The number of cyclic esters (lactones) is 1. The number of nitrogens with zero attached hydrogens (tertiary/aromatic N) is 2. The van der Waals surface area contributed by atoms with Crippen molar-refractivity contribution in [1.29, 1.82) is 0 Å². The van der Waals surface area contributed by atoms with Crippen molar-refractivity contribution >= 4 is 6.09 Å². The SMILES string of the molecule is C[C@@H](c1ccc(-c2ccc(F)cc2)cc1)N1CCC(CCN2CCOCC2)(c2ccccc2)OC1=O. The van der Waals surface area contributed by atoms with Gasteiger partial charge >= 0.3 is 6.09 Å². The van der Waals surface area contributed by atoms with E-state index >= 15 is 0 Å². The molecule has 3 aromatic carbocycles. The molecule has 1 unspecified atom stereocenters. The molecule has 0 radical (unpaired) electrons. The molecular formula is C30H33FN2O3. The minimum Gasteiger partial charge on any atom is -0.438 e. The standard InChI is InChI=1S/C30H33FN2O3/c1-23(24-7-9-25(10-8-24)26-11-13-28(31)14-12-26)33-18-16-30(36-29(33)34,27-5-3-2-4-6-27)15-17-32-19-21-35-22-20-32/h2-14,23H,15-22H2,1H3/t23-,30?/m0/s1. The molecule has 0 spiro atoms. The molecule has 2 aliphatic rings. The predicted octanol–water partition coefficient (Wildman–Crippen LogP) is 6.01. The summed E-state index contributed by atoms with van der Waals surface area (Å²) >= 11 is 0. The number of benzene rings is 3. The Labute approximate surface area is 212 Å². The molecule has 6 heteroatoms. The van der Waals surface area contributed by atoms with Gasteiger partial charge in [0.2, 0.25) is 0 Å². The van der Waals surface area contributed by atoms with Crippen LogP contribution in [0.3, 0.4) is 0 Å². The highest BCUT2D eigenvalue weighted by molar-refractivity contribution is 5.70. The quantitative estimate of drug-likeness (QED) is 0.408. The smallest absolute Gasteiger partial charge is 0.411 e. The van der Waals surface area contributed by atoms with Crippen LogP contribution in [0.25, 0.3) is 11.1 Å². The molecule has 0 bridgehead atoms. The van der Waals surface area contributed by atoms with E-state index in [1.54, 1.807) is 12.1 Å². The first-order chi connectivity index (χ1) is 17.5. The van der Waals surface area contributed by atoms with E-state index in [1.807, 2.05) is 54.3 Å². The van der Waals surface area contributed by atoms with Gasteiger partial charge in [-0.1, -0.05) is 66.7 Å². The summed E-state index contributed by atoms with van der Waals surface area (Å²) in [5.74, 6) is -0.246. The summed E-state index contributed by atoms with van der Waals surface area (Å²) in [6.45, 7) is 6.86. The highest BCUT2D eigenvalue weighted by Crippen LogP contribution is 2.40. The number of carbonyl (C=O) groups excluding carboxylic acids is 1. The summed E-state index contributed by atoms with van der Waals surface area (Å²) in [5, 5.41) is 0. The summed E-state index contributed by atoms with van der Waals surface area (Å²) in [7, 11) is 0. The molecule has 1 amide bonds. The van der Waals surface area contributed by atoms with Crippen molar-refractivity contribution in [3.63, 3.8) is 0 Å². The number of ether oxygens (including phenoxy) is 2. The Bertz CT molecular complexity index is 1150. The minimum atomic E-state index is -0.626. The lowest BCUT2D eigenvalue weighted by Crippen LogP contribution is -2.50. The number of halogens is 1. The van der Waals surface area contributed by atoms with Crippen molar-refractivity contribution in [3.05, 3.63) is 95.8 Å². The first-order valence-corrected chi connectivity index (χ1v) is 12.8. The lowest BCUT2D eigenvalue weighted by atomic mass is 9.85. The third-order valence-corrected chi connectivity index (χ3v) is 7.55. The van der Waals surface area contributed by atoms with Gasteiger partial charge in [-0.2, -0.15) is 0 Å². The van der Waals surface area contributed by atoms with Crippen molar-refractivity contribution in [2.75, 3.05) is 39.4 Å². The fraction of sp³-hybridized carbons (Fsp3) is 0.367. The van der Waals surface area contributed by atoms with Crippen molar-refractivity contribution in [2.45, 2.75) is 31.4 Å². The van der Waals surface area contributed by atoms with E-state index in [1.165, 1.54) is 12.1 Å². The fourth-order valence-electron chi connectivity index (χ4n) is 5.23. The van der Waals surface area contributed by atoms with Crippen molar-refractivity contribution in [1.82, 2.24) is 9.80 Å². The fourth-order valence-corrected chi connectivity index (χ4v) is 5.23. The summed E-state index contributed by atoms with van der Waals surface area (Å²) in [6, 6.07) is 24.6. The Morgan fingerprint density at radius 3 is 2.17 bits per heavy atom. The molecular weight excluding hydrogens is 455 g/mol.